The van der Waals surface area contributed by atoms with Gasteiger partial charge in [0.25, 0.3) is 0 Å². The number of hydrogen-bond donors (Lipinski definition) is 0. The van der Waals surface area contributed by atoms with Crippen molar-refractivity contribution < 1.29 is 22.8 Å². The molecular weight excluding hydrogens is 227 g/mol. The smallest absolute Gasteiger partial charge is 0.309 e. The number of carbonyl (C=O) groups excluding carboxylic acids is 1. The summed E-state index contributed by atoms with van der Waals surface area (Å²) in [6, 6.07) is 1.38. The van der Waals surface area contributed by atoms with Gasteiger partial charge in [-0.15, -0.1) is 5.10 Å². The topological polar surface area (TPSA) is 57.0 Å². The van der Waals surface area contributed by atoms with Crippen LogP contribution in [0.3, 0.4) is 0 Å². The van der Waals surface area contributed by atoms with Gasteiger partial charge in [-0.05, 0) is 6.07 Å². The van der Waals surface area contributed by atoms with E-state index in [-0.39, 0.29) is 5.52 Å². The maximum Gasteiger partial charge on any atom is 0.493 e. The Labute approximate surface area is 86.4 Å². The van der Waals surface area contributed by atoms with Crippen LogP contribution in [-0.4, -0.2) is 27.1 Å². The Kier molecular flexibility index (Phi) is 2.26. The highest BCUT2D eigenvalue weighted by Crippen LogP contribution is 2.16. The van der Waals surface area contributed by atoms with E-state index in [9.17, 15) is 18.0 Å². The highest BCUT2D eigenvalue weighted by Gasteiger charge is 2.42. The normalized spacial score (nSPS) is 11.7. The van der Waals surface area contributed by atoms with Gasteiger partial charge in [0, 0.05) is 17.8 Å². The Balaban J connectivity index is 2.32. The van der Waals surface area contributed by atoms with E-state index in [1.807, 2.05) is 0 Å². The molecule has 0 aliphatic heterocycles. The van der Waals surface area contributed by atoms with Crippen LogP contribution in [0.4, 0.5) is 13.2 Å². The highest BCUT2D eigenvalue weighted by molar-refractivity contribution is 5.79. The Morgan fingerprint density at radius 3 is 2.81 bits per heavy atom. The van der Waals surface area contributed by atoms with Crippen molar-refractivity contribution in [3.8, 4) is 0 Å². The second-order valence-corrected chi connectivity index (χ2v) is 2.83. The summed E-state index contributed by atoms with van der Waals surface area (Å²) in [5.74, 6) is -2.32. The standard InChI is InChI=1S/C8H4F3N3O2/c9-8(10,11)7(15)16-14-6-1-2-12-3-5(6)4-13-14/h1-4H. The van der Waals surface area contributed by atoms with Gasteiger partial charge < -0.3 is 4.84 Å². The van der Waals surface area contributed by atoms with Crippen molar-refractivity contribution in [2.75, 3.05) is 0 Å². The largest absolute Gasteiger partial charge is 0.493 e. The van der Waals surface area contributed by atoms with Crippen LogP contribution in [0.25, 0.3) is 10.9 Å². The van der Waals surface area contributed by atoms with Gasteiger partial charge in [0.15, 0.2) is 0 Å². The first-order chi connectivity index (χ1) is 7.48. The van der Waals surface area contributed by atoms with E-state index < -0.39 is 12.1 Å². The minimum atomic E-state index is -5.05. The van der Waals surface area contributed by atoms with Gasteiger partial charge in [0.2, 0.25) is 0 Å². The summed E-state index contributed by atoms with van der Waals surface area (Å²) in [5, 5.41) is 3.95. The predicted octanol–water partition coefficient (Wildman–Crippen LogP) is 0.949. The second-order valence-electron chi connectivity index (χ2n) is 2.83. The van der Waals surface area contributed by atoms with Crippen molar-refractivity contribution in [3.05, 3.63) is 24.7 Å². The van der Waals surface area contributed by atoms with Gasteiger partial charge in [-0.2, -0.15) is 13.2 Å². The van der Waals surface area contributed by atoms with Crippen LogP contribution >= 0.6 is 0 Å². The van der Waals surface area contributed by atoms with Gasteiger partial charge in [0.05, 0.1) is 6.20 Å². The third-order valence-electron chi connectivity index (χ3n) is 1.74. The van der Waals surface area contributed by atoms with Crippen LogP contribution in [0.2, 0.25) is 0 Å². The molecule has 8 heteroatoms. The zero-order chi connectivity index (χ0) is 11.8. The minimum absolute atomic E-state index is 0.229. The Hall–Kier alpha value is -2.12. The monoisotopic (exact) mass is 231 g/mol. The van der Waals surface area contributed by atoms with E-state index in [1.54, 1.807) is 0 Å². The second kappa shape index (κ2) is 3.47. The summed E-state index contributed by atoms with van der Waals surface area (Å²) in [7, 11) is 0. The number of hydrogen-bond acceptors (Lipinski definition) is 4. The molecule has 0 aliphatic carbocycles. The fourth-order valence-electron chi connectivity index (χ4n) is 1.05. The zero-order valence-electron chi connectivity index (χ0n) is 7.60. The third kappa shape index (κ3) is 1.81. The molecule has 5 nitrogen and oxygen atoms in total. The molecule has 2 aromatic heterocycles. The molecule has 0 unspecified atom stereocenters. The molecule has 0 aromatic carbocycles. The molecule has 0 saturated heterocycles. The SMILES string of the molecule is O=C(On1ncc2cnccc21)C(F)(F)F. The van der Waals surface area contributed by atoms with Crippen LogP contribution < -0.4 is 4.84 Å². The predicted molar refractivity (Wildman–Crippen MR) is 45.2 cm³/mol. The molecule has 0 N–H and O–H groups in total. The summed E-state index contributed by atoms with van der Waals surface area (Å²) in [6.45, 7) is 0. The summed E-state index contributed by atoms with van der Waals surface area (Å²) in [5.41, 5.74) is 0.229. The van der Waals surface area contributed by atoms with Crippen LogP contribution in [0, 0.1) is 0 Å². The number of halogens is 3. The average molecular weight is 231 g/mol. The Morgan fingerprint density at radius 1 is 1.38 bits per heavy atom. The number of pyridine rings is 1. The van der Waals surface area contributed by atoms with Crippen LogP contribution in [0.1, 0.15) is 0 Å². The molecule has 84 valence electrons. The van der Waals surface area contributed by atoms with Crippen molar-refractivity contribution >= 4 is 16.9 Å². The van der Waals surface area contributed by atoms with Crippen molar-refractivity contribution in [1.82, 2.24) is 14.9 Å². The number of fused-ring (bicyclic) bond motifs is 1. The van der Waals surface area contributed by atoms with Crippen molar-refractivity contribution in [2.24, 2.45) is 0 Å². The van der Waals surface area contributed by atoms with Crippen LogP contribution in [0.5, 0.6) is 0 Å². The van der Waals surface area contributed by atoms with Crippen molar-refractivity contribution in [3.63, 3.8) is 0 Å². The molecule has 2 aromatic rings. The number of rotatable bonds is 1. The molecule has 0 aliphatic rings. The third-order valence-corrected chi connectivity index (χ3v) is 1.74. The number of nitrogens with zero attached hydrogens (tertiary/aromatic N) is 3. The molecule has 0 fully saturated rings. The lowest BCUT2D eigenvalue weighted by Crippen LogP contribution is -2.33. The molecule has 0 spiro atoms. The Morgan fingerprint density at radius 2 is 2.12 bits per heavy atom. The Bertz CT molecular complexity index is 535. The lowest BCUT2D eigenvalue weighted by atomic mass is 10.3. The van der Waals surface area contributed by atoms with E-state index in [4.69, 9.17) is 0 Å². The number of alkyl halides is 3. The van der Waals surface area contributed by atoms with E-state index in [0.717, 1.165) is 0 Å². The lowest BCUT2D eigenvalue weighted by Gasteiger charge is -2.05. The molecular formula is C8H4F3N3O2. The molecule has 0 saturated carbocycles. The van der Waals surface area contributed by atoms with Crippen LogP contribution in [0.15, 0.2) is 24.7 Å². The fourth-order valence-corrected chi connectivity index (χ4v) is 1.05. The van der Waals surface area contributed by atoms with Crippen LogP contribution in [-0.2, 0) is 4.79 Å². The van der Waals surface area contributed by atoms with Gasteiger partial charge in [-0.1, -0.05) is 4.85 Å². The minimum Gasteiger partial charge on any atom is -0.309 e. The quantitative estimate of drug-likeness (QED) is 0.733. The summed E-state index contributed by atoms with van der Waals surface area (Å²) >= 11 is 0. The van der Waals surface area contributed by atoms with E-state index in [2.05, 4.69) is 14.9 Å². The lowest BCUT2D eigenvalue weighted by molar-refractivity contribution is -0.200. The maximum atomic E-state index is 11.9. The molecule has 0 amide bonds. The van der Waals surface area contributed by atoms with E-state index in [1.165, 1.54) is 24.7 Å². The van der Waals surface area contributed by atoms with Gasteiger partial charge in [-0.25, -0.2) is 4.79 Å². The summed E-state index contributed by atoms with van der Waals surface area (Å²) in [6.07, 6.45) is -1.07. The number of carbonyl (C=O) groups is 1. The summed E-state index contributed by atoms with van der Waals surface area (Å²) in [4.78, 5) is 18.8. The van der Waals surface area contributed by atoms with Crippen molar-refractivity contribution in [1.29, 1.82) is 0 Å². The molecule has 2 rings (SSSR count). The summed E-state index contributed by atoms with van der Waals surface area (Å²) < 4.78 is 35.7. The highest BCUT2D eigenvalue weighted by atomic mass is 19.4. The van der Waals surface area contributed by atoms with Gasteiger partial charge in [0.1, 0.15) is 5.52 Å². The number of aromatic nitrogens is 3. The molecule has 2 heterocycles. The van der Waals surface area contributed by atoms with Crippen molar-refractivity contribution in [2.45, 2.75) is 6.18 Å². The van der Waals surface area contributed by atoms with Gasteiger partial charge >= 0.3 is 12.1 Å². The maximum absolute atomic E-state index is 11.9. The fraction of sp³-hybridized carbons (Fsp3) is 0.125. The molecule has 0 radical (unpaired) electrons. The van der Waals surface area contributed by atoms with E-state index >= 15 is 0 Å². The first kappa shape index (κ1) is 10.4. The molecule has 0 bridgehead atoms. The van der Waals surface area contributed by atoms with Gasteiger partial charge in [-0.3, -0.25) is 4.98 Å². The average Bonchev–Trinajstić information content (AvgIpc) is 2.61. The molecule has 16 heavy (non-hydrogen) atoms. The van der Waals surface area contributed by atoms with E-state index in [0.29, 0.717) is 10.2 Å². The first-order valence-electron chi connectivity index (χ1n) is 4.06. The first-order valence-corrected chi connectivity index (χ1v) is 4.06. The zero-order valence-corrected chi connectivity index (χ0v) is 7.60. The molecule has 0 atom stereocenters.